The molecule has 0 aromatic carbocycles. The SMILES string of the molecule is COCC(C)C(CN)N1CCOC2CCCCC21. The van der Waals surface area contributed by atoms with Crippen LogP contribution in [0.15, 0.2) is 0 Å². The molecule has 1 aliphatic heterocycles. The van der Waals surface area contributed by atoms with E-state index in [0.717, 1.165) is 19.8 Å². The molecule has 2 fully saturated rings. The fraction of sp³-hybridized carbons (Fsp3) is 1.00. The van der Waals surface area contributed by atoms with Crippen LogP contribution in [0.25, 0.3) is 0 Å². The molecule has 0 aromatic rings. The molecular formula is C14H28N2O2. The maximum Gasteiger partial charge on any atom is 0.0731 e. The summed E-state index contributed by atoms with van der Waals surface area (Å²) in [5.41, 5.74) is 6.02. The number of methoxy groups -OCH3 is 1. The van der Waals surface area contributed by atoms with E-state index in [-0.39, 0.29) is 0 Å². The largest absolute Gasteiger partial charge is 0.384 e. The van der Waals surface area contributed by atoms with Gasteiger partial charge in [-0.25, -0.2) is 0 Å². The summed E-state index contributed by atoms with van der Waals surface area (Å²) in [6.45, 7) is 5.63. The topological polar surface area (TPSA) is 47.7 Å². The van der Waals surface area contributed by atoms with E-state index in [0.29, 0.717) is 30.7 Å². The minimum atomic E-state index is 0.430. The van der Waals surface area contributed by atoms with Gasteiger partial charge in [-0.3, -0.25) is 4.90 Å². The third-order valence-corrected chi connectivity index (χ3v) is 4.53. The second-order valence-electron chi connectivity index (χ2n) is 5.73. The van der Waals surface area contributed by atoms with Crippen molar-refractivity contribution in [3.05, 3.63) is 0 Å². The van der Waals surface area contributed by atoms with E-state index in [1.54, 1.807) is 7.11 Å². The lowest BCUT2D eigenvalue weighted by atomic mass is 9.87. The zero-order valence-electron chi connectivity index (χ0n) is 11.8. The Labute approximate surface area is 111 Å². The first-order chi connectivity index (χ1) is 8.77. The van der Waals surface area contributed by atoms with Gasteiger partial charge < -0.3 is 15.2 Å². The Bertz CT molecular complexity index is 248. The molecule has 1 heterocycles. The first-order valence-electron chi connectivity index (χ1n) is 7.34. The molecule has 1 saturated heterocycles. The molecule has 0 amide bonds. The molecule has 0 spiro atoms. The molecule has 2 aliphatic rings. The van der Waals surface area contributed by atoms with E-state index in [1.807, 2.05) is 0 Å². The van der Waals surface area contributed by atoms with E-state index in [1.165, 1.54) is 25.7 Å². The Kier molecular flexibility index (Phi) is 5.42. The first-order valence-corrected chi connectivity index (χ1v) is 7.34. The Hall–Kier alpha value is -0.160. The maximum absolute atomic E-state index is 6.02. The monoisotopic (exact) mass is 256 g/mol. The molecule has 4 atom stereocenters. The van der Waals surface area contributed by atoms with Crippen molar-refractivity contribution in [3.63, 3.8) is 0 Å². The van der Waals surface area contributed by atoms with Crippen LogP contribution in [-0.4, -0.2) is 56.5 Å². The van der Waals surface area contributed by atoms with E-state index >= 15 is 0 Å². The van der Waals surface area contributed by atoms with Gasteiger partial charge in [0, 0.05) is 32.3 Å². The number of hydrogen-bond acceptors (Lipinski definition) is 4. The van der Waals surface area contributed by atoms with Gasteiger partial charge in [-0.1, -0.05) is 19.8 Å². The number of nitrogens with zero attached hydrogens (tertiary/aromatic N) is 1. The lowest BCUT2D eigenvalue weighted by molar-refractivity contribution is -0.110. The number of hydrogen-bond donors (Lipinski definition) is 1. The van der Waals surface area contributed by atoms with E-state index < -0.39 is 0 Å². The second kappa shape index (κ2) is 6.85. The fourth-order valence-corrected chi connectivity index (χ4v) is 3.61. The summed E-state index contributed by atoms with van der Waals surface area (Å²) < 4.78 is 11.2. The fourth-order valence-electron chi connectivity index (χ4n) is 3.61. The highest BCUT2D eigenvalue weighted by Gasteiger charge is 2.38. The molecule has 106 valence electrons. The summed E-state index contributed by atoms with van der Waals surface area (Å²) in [6, 6.07) is 1.01. The Morgan fingerprint density at radius 1 is 1.39 bits per heavy atom. The molecule has 18 heavy (non-hydrogen) atoms. The molecule has 2 N–H and O–H groups in total. The average Bonchev–Trinajstić information content (AvgIpc) is 2.40. The van der Waals surface area contributed by atoms with Gasteiger partial charge in [-0.2, -0.15) is 0 Å². The number of nitrogens with two attached hydrogens (primary N) is 1. The highest BCUT2D eigenvalue weighted by Crippen LogP contribution is 2.31. The van der Waals surface area contributed by atoms with Crippen LogP contribution in [0, 0.1) is 5.92 Å². The molecule has 4 heteroatoms. The summed E-state index contributed by atoms with van der Waals surface area (Å²) in [5, 5.41) is 0. The molecule has 1 aliphatic carbocycles. The van der Waals surface area contributed by atoms with Gasteiger partial charge in [-0.15, -0.1) is 0 Å². The number of morpholine rings is 1. The number of ether oxygens (including phenoxy) is 2. The van der Waals surface area contributed by atoms with E-state index in [4.69, 9.17) is 15.2 Å². The van der Waals surface area contributed by atoms with Crippen LogP contribution in [0.1, 0.15) is 32.6 Å². The van der Waals surface area contributed by atoms with Gasteiger partial charge in [0.1, 0.15) is 0 Å². The van der Waals surface area contributed by atoms with Gasteiger partial charge in [0.2, 0.25) is 0 Å². The highest BCUT2D eigenvalue weighted by atomic mass is 16.5. The standard InChI is InChI=1S/C14H28N2O2/c1-11(10-17-2)13(9-15)16-7-8-18-14-6-4-3-5-12(14)16/h11-14H,3-10,15H2,1-2H3. The molecule has 0 bridgehead atoms. The van der Waals surface area contributed by atoms with Crippen molar-refractivity contribution in [1.82, 2.24) is 4.90 Å². The van der Waals surface area contributed by atoms with Crippen molar-refractivity contribution in [1.29, 1.82) is 0 Å². The smallest absolute Gasteiger partial charge is 0.0731 e. The van der Waals surface area contributed by atoms with Crippen LogP contribution in [0.3, 0.4) is 0 Å². The van der Waals surface area contributed by atoms with Crippen molar-refractivity contribution >= 4 is 0 Å². The zero-order valence-corrected chi connectivity index (χ0v) is 11.8. The predicted molar refractivity (Wildman–Crippen MR) is 72.6 cm³/mol. The normalized spacial score (nSPS) is 32.8. The molecular weight excluding hydrogens is 228 g/mol. The number of fused-ring (bicyclic) bond motifs is 1. The van der Waals surface area contributed by atoms with E-state index in [2.05, 4.69) is 11.8 Å². The lowest BCUT2D eigenvalue weighted by Gasteiger charge is -2.48. The van der Waals surface area contributed by atoms with Crippen molar-refractivity contribution in [2.75, 3.05) is 33.4 Å². The predicted octanol–water partition coefficient (Wildman–Crippen LogP) is 1.24. The molecule has 2 rings (SSSR count). The van der Waals surface area contributed by atoms with Crippen molar-refractivity contribution in [2.24, 2.45) is 11.7 Å². The molecule has 4 unspecified atom stereocenters. The van der Waals surface area contributed by atoms with Crippen molar-refractivity contribution in [3.8, 4) is 0 Å². The summed E-state index contributed by atoms with van der Waals surface area (Å²) in [5.74, 6) is 0.487. The van der Waals surface area contributed by atoms with Crippen LogP contribution >= 0.6 is 0 Å². The second-order valence-corrected chi connectivity index (χ2v) is 5.73. The van der Waals surface area contributed by atoms with Crippen LogP contribution in [0.5, 0.6) is 0 Å². The lowest BCUT2D eigenvalue weighted by Crippen LogP contribution is -2.59. The maximum atomic E-state index is 6.02. The molecule has 0 aromatic heterocycles. The van der Waals surface area contributed by atoms with E-state index in [9.17, 15) is 0 Å². The molecule has 1 saturated carbocycles. The minimum absolute atomic E-state index is 0.430. The summed E-state index contributed by atoms with van der Waals surface area (Å²) in [6.07, 6.45) is 5.57. The van der Waals surface area contributed by atoms with Gasteiger partial charge in [0.05, 0.1) is 19.3 Å². The number of rotatable bonds is 5. The molecule has 0 radical (unpaired) electrons. The van der Waals surface area contributed by atoms with Gasteiger partial charge in [0.25, 0.3) is 0 Å². The Morgan fingerprint density at radius 2 is 2.17 bits per heavy atom. The molecule has 4 nitrogen and oxygen atoms in total. The Balaban J connectivity index is 2.03. The first kappa shape index (κ1) is 14.3. The quantitative estimate of drug-likeness (QED) is 0.804. The van der Waals surface area contributed by atoms with Crippen LogP contribution in [-0.2, 0) is 9.47 Å². The highest BCUT2D eigenvalue weighted by molar-refractivity contribution is 4.92. The Morgan fingerprint density at radius 3 is 2.89 bits per heavy atom. The van der Waals surface area contributed by atoms with Crippen LogP contribution in [0.4, 0.5) is 0 Å². The summed E-state index contributed by atoms with van der Waals surface area (Å²) in [4.78, 5) is 2.61. The van der Waals surface area contributed by atoms with Crippen LogP contribution in [0.2, 0.25) is 0 Å². The third kappa shape index (κ3) is 3.05. The average molecular weight is 256 g/mol. The zero-order chi connectivity index (χ0) is 13.0. The summed E-state index contributed by atoms with van der Waals surface area (Å²) in [7, 11) is 1.77. The van der Waals surface area contributed by atoms with Crippen molar-refractivity contribution in [2.45, 2.75) is 50.8 Å². The van der Waals surface area contributed by atoms with Gasteiger partial charge in [-0.05, 0) is 18.8 Å². The van der Waals surface area contributed by atoms with Crippen molar-refractivity contribution < 1.29 is 9.47 Å². The third-order valence-electron chi connectivity index (χ3n) is 4.53. The minimum Gasteiger partial charge on any atom is -0.384 e. The van der Waals surface area contributed by atoms with Gasteiger partial charge >= 0.3 is 0 Å². The van der Waals surface area contributed by atoms with Gasteiger partial charge in [0.15, 0.2) is 0 Å². The summed E-state index contributed by atoms with van der Waals surface area (Å²) >= 11 is 0. The van der Waals surface area contributed by atoms with Crippen LogP contribution < -0.4 is 5.73 Å².